The van der Waals surface area contributed by atoms with Gasteiger partial charge in [-0.05, 0) is 96.9 Å². The van der Waals surface area contributed by atoms with Gasteiger partial charge in [-0.3, -0.25) is 5.10 Å². The second kappa shape index (κ2) is 13.8. The van der Waals surface area contributed by atoms with E-state index in [0.717, 1.165) is 64.7 Å². The number of carboxylic acid groups (broad SMARTS) is 1. The molecule has 1 saturated heterocycles. The number of aliphatic carboxylic acids is 1. The molecule has 2 N–H and O–H groups in total. The van der Waals surface area contributed by atoms with Gasteiger partial charge in [-0.1, -0.05) is 0 Å². The summed E-state index contributed by atoms with van der Waals surface area (Å²) in [6.45, 7) is 10.3. The van der Waals surface area contributed by atoms with Crippen LogP contribution in [0.2, 0.25) is 0 Å². The number of carbonyl (C=O) groups is 2. The molecule has 1 aliphatic rings. The average Bonchev–Trinajstić information content (AvgIpc) is 3.44. The number of nitrogens with zero attached hydrogens (tertiary/aromatic N) is 3. The number of piperidine rings is 1. The number of aromatic nitrogens is 3. The topological polar surface area (TPSA) is 136 Å². The summed E-state index contributed by atoms with van der Waals surface area (Å²) < 4.78 is 54.6. The number of aryl methyl sites for hydroxylation is 1. The van der Waals surface area contributed by atoms with Gasteiger partial charge in [-0.2, -0.15) is 18.3 Å². The third-order valence-corrected chi connectivity index (χ3v) is 7.33. The Kier molecular flexibility index (Phi) is 10.3. The maximum absolute atomic E-state index is 12.1. The van der Waals surface area contributed by atoms with Crippen molar-refractivity contribution in [2.24, 2.45) is 5.92 Å². The van der Waals surface area contributed by atoms with Crippen LogP contribution in [0.4, 0.5) is 18.0 Å². The number of nitrogens with one attached hydrogen (secondary N) is 1. The van der Waals surface area contributed by atoms with Gasteiger partial charge in [0.1, 0.15) is 11.4 Å². The van der Waals surface area contributed by atoms with Gasteiger partial charge in [0.05, 0.1) is 25.6 Å². The lowest BCUT2D eigenvalue weighted by Crippen LogP contribution is -2.32. The van der Waals surface area contributed by atoms with Crippen LogP contribution in [-0.2, 0) is 9.53 Å². The highest BCUT2D eigenvalue weighted by atomic mass is 19.4. The second-order valence-electron chi connectivity index (χ2n) is 12.0. The molecular weight excluding hydrogens is 609 g/mol. The van der Waals surface area contributed by atoms with Crippen LogP contribution in [0.3, 0.4) is 0 Å². The Bertz CT molecular complexity index is 1690. The number of aromatic amines is 1. The number of benzene rings is 2. The zero-order valence-corrected chi connectivity index (χ0v) is 26.4. The first-order valence-electron chi connectivity index (χ1n) is 14.5. The lowest BCUT2D eigenvalue weighted by atomic mass is 9.96. The highest BCUT2D eigenvalue weighted by molar-refractivity contribution is 6.12. The molecule has 0 bridgehead atoms. The highest BCUT2D eigenvalue weighted by Crippen LogP contribution is 2.43. The fourth-order valence-electron chi connectivity index (χ4n) is 5.05. The Morgan fingerprint density at radius 1 is 1.09 bits per heavy atom. The smallest absolute Gasteiger partial charge is 0.493 e. The van der Waals surface area contributed by atoms with Crippen LogP contribution in [0.1, 0.15) is 39.2 Å². The number of carbonyl (C=O) groups excluding carboxylic acids is 1. The molecule has 248 valence electrons. The normalized spacial score (nSPS) is 14.5. The van der Waals surface area contributed by atoms with Gasteiger partial charge in [-0.15, -0.1) is 0 Å². The lowest BCUT2D eigenvalue weighted by Gasteiger charge is -2.29. The van der Waals surface area contributed by atoms with Gasteiger partial charge in [0.2, 0.25) is 0 Å². The Hall–Kier alpha value is -4.59. The SMILES string of the molecule is COc1cc2c(-c3ccc(OC(=O)OC(C)(C)C)cc3)nc3[nH]ncc3c2c(C)c1OCC1CCN(C)CC1.O=C(O)C(F)(F)F. The average molecular weight is 647 g/mol. The number of fused-ring (bicyclic) bond motifs is 3. The van der Waals surface area contributed by atoms with E-state index in [-0.39, 0.29) is 0 Å². The molecular formula is C32H37F3N4O7. The first kappa shape index (κ1) is 34.3. The maximum Gasteiger partial charge on any atom is 0.514 e. The summed E-state index contributed by atoms with van der Waals surface area (Å²) in [6, 6.07) is 9.19. The first-order chi connectivity index (χ1) is 21.6. The molecule has 4 aromatic rings. The van der Waals surface area contributed by atoms with E-state index in [9.17, 15) is 18.0 Å². The third kappa shape index (κ3) is 8.36. The summed E-state index contributed by atoms with van der Waals surface area (Å²) in [6.07, 6.45) is -1.78. The summed E-state index contributed by atoms with van der Waals surface area (Å²) in [7, 11) is 3.83. The fraction of sp³-hybridized carbons (Fsp3) is 0.438. The predicted octanol–water partition coefficient (Wildman–Crippen LogP) is 6.76. The van der Waals surface area contributed by atoms with E-state index in [1.165, 1.54) is 0 Å². The molecule has 0 aliphatic carbocycles. The van der Waals surface area contributed by atoms with Crippen molar-refractivity contribution >= 4 is 33.9 Å². The molecule has 0 unspecified atom stereocenters. The molecule has 0 radical (unpaired) electrons. The van der Waals surface area contributed by atoms with Gasteiger partial charge in [0, 0.05) is 27.3 Å². The van der Waals surface area contributed by atoms with Crippen molar-refractivity contribution in [3.8, 4) is 28.5 Å². The number of alkyl halides is 3. The number of methoxy groups -OCH3 is 1. The standard InChI is InChI=1S/C30H36N4O5.C2HF3O2/c1-18-25-22(15-24(36-6)27(18)37-17-19-11-13-34(5)14-12-19)26(32-28-23(25)16-31-33-28)20-7-9-21(10-8-20)38-29(35)39-30(2,3)4;3-2(4,5)1(6)7/h7-10,15-16,19H,11-14,17H2,1-6H3,(H,31,32,33);(H,6,7). The first-order valence-corrected chi connectivity index (χ1v) is 14.5. The number of rotatable bonds is 6. The molecule has 11 nitrogen and oxygen atoms in total. The number of pyridine rings is 1. The second-order valence-corrected chi connectivity index (χ2v) is 12.0. The maximum atomic E-state index is 12.1. The molecule has 0 saturated carbocycles. The summed E-state index contributed by atoms with van der Waals surface area (Å²) >= 11 is 0. The van der Waals surface area contributed by atoms with E-state index in [4.69, 9.17) is 33.8 Å². The zero-order valence-electron chi connectivity index (χ0n) is 26.4. The van der Waals surface area contributed by atoms with E-state index in [2.05, 4.69) is 29.1 Å². The van der Waals surface area contributed by atoms with Crippen LogP contribution in [0.25, 0.3) is 33.1 Å². The minimum Gasteiger partial charge on any atom is -0.493 e. The molecule has 5 rings (SSSR count). The van der Waals surface area contributed by atoms with Crippen molar-refractivity contribution < 1.29 is 46.8 Å². The number of halogens is 3. The van der Waals surface area contributed by atoms with Crippen molar-refractivity contribution in [1.29, 1.82) is 0 Å². The minimum absolute atomic E-state index is 0.387. The molecule has 2 aromatic carbocycles. The quantitative estimate of drug-likeness (QED) is 0.171. The largest absolute Gasteiger partial charge is 0.514 e. The number of ether oxygens (including phenoxy) is 4. The number of hydrogen-bond donors (Lipinski definition) is 2. The van der Waals surface area contributed by atoms with Gasteiger partial charge < -0.3 is 29.0 Å². The van der Waals surface area contributed by atoms with E-state index in [0.29, 0.717) is 29.7 Å². The van der Waals surface area contributed by atoms with Gasteiger partial charge in [0.15, 0.2) is 17.1 Å². The molecule has 1 aliphatic heterocycles. The molecule has 3 heterocycles. The molecule has 0 spiro atoms. The minimum atomic E-state index is -5.08. The molecule has 0 amide bonds. The number of hydrogen-bond acceptors (Lipinski definition) is 9. The molecule has 46 heavy (non-hydrogen) atoms. The van der Waals surface area contributed by atoms with Crippen molar-refractivity contribution in [1.82, 2.24) is 20.1 Å². The number of likely N-dealkylation sites (tertiary alicyclic amines) is 1. The van der Waals surface area contributed by atoms with Crippen molar-refractivity contribution in [3.05, 3.63) is 42.1 Å². The Morgan fingerprint density at radius 2 is 1.72 bits per heavy atom. The fourth-order valence-corrected chi connectivity index (χ4v) is 5.05. The van der Waals surface area contributed by atoms with E-state index in [1.807, 2.05) is 18.2 Å². The van der Waals surface area contributed by atoms with Crippen LogP contribution in [0.5, 0.6) is 17.2 Å². The summed E-state index contributed by atoms with van der Waals surface area (Å²) in [5.41, 5.74) is 2.65. The zero-order chi connectivity index (χ0) is 33.8. The van der Waals surface area contributed by atoms with Crippen LogP contribution in [-0.4, -0.2) is 82.9 Å². The number of H-pyrrole nitrogens is 1. The summed E-state index contributed by atoms with van der Waals surface area (Å²) in [4.78, 5) is 28.2. The third-order valence-electron chi connectivity index (χ3n) is 7.33. The highest BCUT2D eigenvalue weighted by Gasteiger charge is 2.38. The monoisotopic (exact) mass is 646 g/mol. The molecule has 14 heteroatoms. The molecule has 2 aromatic heterocycles. The van der Waals surface area contributed by atoms with E-state index < -0.39 is 23.9 Å². The van der Waals surface area contributed by atoms with E-state index >= 15 is 0 Å². The van der Waals surface area contributed by atoms with Crippen molar-refractivity contribution in [2.45, 2.75) is 52.3 Å². The Balaban J connectivity index is 0.000000617. The summed E-state index contributed by atoms with van der Waals surface area (Å²) in [5.74, 6) is -0.427. The summed E-state index contributed by atoms with van der Waals surface area (Å²) in [5, 5.41) is 17.3. The van der Waals surface area contributed by atoms with Crippen LogP contribution in [0, 0.1) is 12.8 Å². The van der Waals surface area contributed by atoms with Crippen molar-refractivity contribution in [2.75, 3.05) is 33.9 Å². The van der Waals surface area contributed by atoms with E-state index in [1.54, 1.807) is 46.2 Å². The Labute approximate surface area is 263 Å². The lowest BCUT2D eigenvalue weighted by molar-refractivity contribution is -0.192. The predicted molar refractivity (Wildman–Crippen MR) is 164 cm³/mol. The molecule has 0 atom stereocenters. The molecule has 1 fully saturated rings. The number of carboxylic acids is 1. The Morgan fingerprint density at radius 3 is 2.28 bits per heavy atom. The van der Waals surface area contributed by atoms with Gasteiger partial charge >= 0.3 is 18.3 Å². The van der Waals surface area contributed by atoms with Crippen LogP contribution in [0.15, 0.2) is 36.5 Å². The van der Waals surface area contributed by atoms with Crippen LogP contribution >= 0.6 is 0 Å². The van der Waals surface area contributed by atoms with Gasteiger partial charge in [0.25, 0.3) is 0 Å². The van der Waals surface area contributed by atoms with Crippen LogP contribution < -0.4 is 14.2 Å². The van der Waals surface area contributed by atoms with Gasteiger partial charge in [-0.25, -0.2) is 14.6 Å². The van der Waals surface area contributed by atoms with Crippen molar-refractivity contribution in [3.63, 3.8) is 0 Å².